The molecule has 2 heterocycles. The minimum atomic E-state index is -0.258. The fourth-order valence-corrected chi connectivity index (χ4v) is 3.62. The maximum absolute atomic E-state index is 13.1. The molecular formula is C23H34FN7O. The van der Waals surface area contributed by atoms with E-state index in [1.54, 1.807) is 16.8 Å². The maximum atomic E-state index is 13.1. The number of hydrogen-bond acceptors (Lipinski definition) is 4. The van der Waals surface area contributed by atoms with Crippen LogP contribution in [0.15, 0.2) is 41.5 Å². The van der Waals surface area contributed by atoms with Crippen molar-refractivity contribution in [2.24, 2.45) is 4.99 Å². The lowest BCUT2D eigenvalue weighted by atomic mass is 10.3. The molecule has 3 rings (SSSR count). The van der Waals surface area contributed by atoms with Crippen molar-refractivity contribution in [2.75, 3.05) is 45.8 Å². The maximum Gasteiger partial charge on any atom is 0.234 e. The van der Waals surface area contributed by atoms with Gasteiger partial charge in [-0.3, -0.25) is 14.7 Å². The third-order valence-electron chi connectivity index (χ3n) is 5.19. The summed E-state index contributed by atoms with van der Waals surface area (Å²) in [5.74, 6) is 0.719. The van der Waals surface area contributed by atoms with Gasteiger partial charge in [-0.05, 0) is 51.1 Å². The molecule has 0 atom stereocenters. The number of benzene rings is 1. The van der Waals surface area contributed by atoms with E-state index in [0.717, 1.165) is 56.5 Å². The van der Waals surface area contributed by atoms with Crippen LogP contribution in [-0.2, 0) is 11.2 Å². The minimum Gasteiger partial charge on any atom is -0.357 e. The molecular weight excluding hydrogens is 409 g/mol. The molecule has 0 radical (unpaired) electrons. The van der Waals surface area contributed by atoms with Crippen LogP contribution in [-0.4, -0.2) is 83.3 Å². The Morgan fingerprint density at radius 2 is 1.88 bits per heavy atom. The van der Waals surface area contributed by atoms with Gasteiger partial charge in [0, 0.05) is 57.9 Å². The van der Waals surface area contributed by atoms with E-state index in [0.29, 0.717) is 13.1 Å². The first-order valence-electron chi connectivity index (χ1n) is 11.3. The number of nitrogens with one attached hydrogen (secondary N) is 2. The highest BCUT2D eigenvalue weighted by atomic mass is 19.1. The summed E-state index contributed by atoms with van der Waals surface area (Å²) in [4.78, 5) is 21.2. The second-order valence-corrected chi connectivity index (χ2v) is 8.20. The van der Waals surface area contributed by atoms with Crippen LogP contribution >= 0.6 is 0 Å². The molecule has 1 amide bonds. The summed E-state index contributed by atoms with van der Waals surface area (Å²) in [6.07, 6.45) is 2.60. The number of carbonyl (C=O) groups excluding carboxylic acids is 1. The second-order valence-electron chi connectivity index (χ2n) is 8.20. The summed E-state index contributed by atoms with van der Waals surface area (Å²) in [5.41, 5.74) is 1.77. The largest absolute Gasteiger partial charge is 0.357 e. The summed E-state index contributed by atoms with van der Waals surface area (Å²) in [5, 5.41) is 10.9. The zero-order valence-corrected chi connectivity index (χ0v) is 19.2. The van der Waals surface area contributed by atoms with Gasteiger partial charge in [-0.15, -0.1) is 0 Å². The number of aliphatic imine (C=N–C) groups is 1. The Hall–Kier alpha value is -2.94. The molecule has 0 unspecified atom stereocenters. The van der Waals surface area contributed by atoms with Gasteiger partial charge >= 0.3 is 0 Å². The minimum absolute atomic E-state index is 0.0779. The van der Waals surface area contributed by atoms with E-state index in [1.165, 1.54) is 12.1 Å². The lowest BCUT2D eigenvalue weighted by molar-refractivity contribution is -0.123. The number of carbonyl (C=O) groups is 1. The van der Waals surface area contributed by atoms with Gasteiger partial charge in [-0.2, -0.15) is 5.10 Å². The van der Waals surface area contributed by atoms with Crippen molar-refractivity contribution in [3.05, 3.63) is 48.0 Å². The van der Waals surface area contributed by atoms with E-state index in [9.17, 15) is 9.18 Å². The SMILES string of the molecule is CCNC(=NCCc1ccn(-c2ccc(F)cc2)n1)N1CCN(CC(=O)NC(C)C)CC1. The van der Waals surface area contributed by atoms with Crippen LogP contribution in [0, 0.1) is 5.82 Å². The van der Waals surface area contributed by atoms with Gasteiger partial charge in [0.25, 0.3) is 0 Å². The Labute approximate surface area is 189 Å². The van der Waals surface area contributed by atoms with Crippen LogP contribution in [0.25, 0.3) is 5.69 Å². The number of rotatable bonds is 8. The monoisotopic (exact) mass is 443 g/mol. The van der Waals surface area contributed by atoms with E-state index in [-0.39, 0.29) is 17.8 Å². The Kier molecular flexibility index (Phi) is 8.61. The molecule has 1 aromatic carbocycles. The average Bonchev–Trinajstić information content (AvgIpc) is 3.22. The molecule has 1 aromatic heterocycles. The molecule has 32 heavy (non-hydrogen) atoms. The molecule has 8 nitrogen and oxygen atoms in total. The highest BCUT2D eigenvalue weighted by Gasteiger charge is 2.21. The van der Waals surface area contributed by atoms with Crippen molar-refractivity contribution in [1.82, 2.24) is 30.2 Å². The molecule has 0 bridgehead atoms. The zero-order chi connectivity index (χ0) is 22.9. The van der Waals surface area contributed by atoms with Crippen molar-refractivity contribution in [1.29, 1.82) is 0 Å². The summed E-state index contributed by atoms with van der Waals surface area (Å²) < 4.78 is 14.9. The molecule has 9 heteroatoms. The lowest BCUT2D eigenvalue weighted by Gasteiger charge is -2.36. The highest BCUT2D eigenvalue weighted by molar-refractivity contribution is 5.80. The van der Waals surface area contributed by atoms with Gasteiger partial charge < -0.3 is 15.5 Å². The number of nitrogens with zero attached hydrogens (tertiary/aromatic N) is 5. The summed E-state index contributed by atoms with van der Waals surface area (Å²) >= 11 is 0. The summed E-state index contributed by atoms with van der Waals surface area (Å²) in [6, 6.07) is 8.41. The topological polar surface area (TPSA) is 77.8 Å². The fourth-order valence-electron chi connectivity index (χ4n) is 3.62. The van der Waals surface area contributed by atoms with E-state index in [4.69, 9.17) is 4.99 Å². The number of piperazine rings is 1. The van der Waals surface area contributed by atoms with Crippen molar-refractivity contribution < 1.29 is 9.18 Å². The summed E-state index contributed by atoms with van der Waals surface area (Å²) in [6.45, 7) is 11.2. The van der Waals surface area contributed by atoms with Crippen LogP contribution in [0.5, 0.6) is 0 Å². The van der Waals surface area contributed by atoms with Gasteiger partial charge in [0.2, 0.25) is 5.91 Å². The summed E-state index contributed by atoms with van der Waals surface area (Å²) in [7, 11) is 0. The first kappa shape index (κ1) is 23.7. The van der Waals surface area contributed by atoms with Gasteiger partial charge in [0.15, 0.2) is 5.96 Å². The van der Waals surface area contributed by atoms with Crippen LogP contribution in [0.4, 0.5) is 4.39 Å². The number of guanidine groups is 1. The van der Waals surface area contributed by atoms with Gasteiger partial charge in [0.1, 0.15) is 5.82 Å². The first-order valence-corrected chi connectivity index (χ1v) is 11.3. The Morgan fingerprint density at radius 3 is 2.53 bits per heavy atom. The van der Waals surface area contributed by atoms with Crippen molar-refractivity contribution in [2.45, 2.75) is 33.2 Å². The molecule has 2 aromatic rings. The van der Waals surface area contributed by atoms with Gasteiger partial charge in [-0.25, -0.2) is 9.07 Å². The smallest absolute Gasteiger partial charge is 0.234 e. The third kappa shape index (κ3) is 7.05. The molecule has 0 spiro atoms. The first-order chi connectivity index (χ1) is 15.4. The Balaban J connectivity index is 1.50. The standard InChI is InChI=1S/C23H34FN7O/c1-4-25-23(30-15-13-29(14-16-30)17-22(32)27-18(2)3)26-11-9-20-10-12-31(28-20)21-7-5-19(24)6-8-21/h5-8,10,12,18H,4,9,11,13-17H2,1-3H3,(H,25,26)(H,27,32). The third-order valence-corrected chi connectivity index (χ3v) is 5.19. The predicted octanol–water partition coefficient (Wildman–Crippen LogP) is 1.66. The molecule has 174 valence electrons. The normalized spacial score (nSPS) is 15.3. The Morgan fingerprint density at radius 1 is 1.16 bits per heavy atom. The van der Waals surface area contributed by atoms with E-state index < -0.39 is 0 Å². The molecule has 1 saturated heterocycles. The van der Waals surface area contributed by atoms with Crippen molar-refractivity contribution >= 4 is 11.9 Å². The number of aromatic nitrogens is 2. The quantitative estimate of drug-likeness (QED) is 0.479. The molecule has 1 aliphatic heterocycles. The molecule has 1 aliphatic rings. The second kappa shape index (κ2) is 11.6. The van der Waals surface area contributed by atoms with Crippen LogP contribution in [0.3, 0.4) is 0 Å². The molecule has 1 fully saturated rings. The van der Waals surface area contributed by atoms with E-state index in [1.807, 2.05) is 26.1 Å². The molecule has 0 saturated carbocycles. The van der Waals surface area contributed by atoms with Gasteiger partial charge in [-0.1, -0.05) is 0 Å². The molecule has 2 N–H and O–H groups in total. The Bertz CT molecular complexity index is 886. The predicted molar refractivity (Wildman–Crippen MR) is 124 cm³/mol. The number of halogens is 1. The zero-order valence-electron chi connectivity index (χ0n) is 19.2. The van der Waals surface area contributed by atoms with Gasteiger partial charge in [0.05, 0.1) is 17.9 Å². The number of hydrogen-bond donors (Lipinski definition) is 2. The number of amides is 1. The van der Waals surface area contributed by atoms with E-state index >= 15 is 0 Å². The van der Waals surface area contributed by atoms with E-state index in [2.05, 4.69) is 32.5 Å². The van der Waals surface area contributed by atoms with Crippen LogP contribution < -0.4 is 10.6 Å². The highest BCUT2D eigenvalue weighted by Crippen LogP contribution is 2.09. The molecule has 0 aliphatic carbocycles. The lowest BCUT2D eigenvalue weighted by Crippen LogP contribution is -2.54. The van der Waals surface area contributed by atoms with Crippen molar-refractivity contribution in [3.63, 3.8) is 0 Å². The average molecular weight is 444 g/mol. The van der Waals surface area contributed by atoms with Crippen LogP contribution in [0.2, 0.25) is 0 Å². The fraction of sp³-hybridized carbons (Fsp3) is 0.522. The van der Waals surface area contributed by atoms with Crippen LogP contribution in [0.1, 0.15) is 26.5 Å². The van der Waals surface area contributed by atoms with Crippen molar-refractivity contribution in [3.8, 4) is 5.69 Å².